The van der Waals surface area contributed by atoms with Gasteiger partial charge in [-0.15, -0.1) is 0 Å². The second-order valence-electron chi connectivity index (χ2n) is 3.58. The van der Waals surface area contributed by atoms with E-state index in [1.54, 1.807) is 19.3 Å². The molecular weight excluding hydrogens is 223 g/mol. The van der Waals surface area contributed by atoms with Crippen molar-refractivity contribution in [3.8, 4) is 0 Å². The summed E-state index contributed by atoms with van der Waals surface area (Å²) in [7, 11) is 0. The molecule has 0 amide bonds. The Labute approximate surface area is 70.5 Å². The van der Waals surface area contributed by atoms with Gasteiger partial charge in [-0.25, -0.2) is 0 Å². The van der Waals surface area contributed by atoms with E-state index in [2.05, 4.69) is 22.6 Å². The highest BCUT2D eigenvalue weighted by molar-refractivity contribution is 14.1. The molecule has 2 rings (SSSR count). The summed E-state index contributed by atoms with van der Waals surface area (Å²) < 4.78 is 1.03. The first-order valence-corrected chi connectivity index (χ1v) is 5.22. The maximum absolute atomic E-state index is 2.66. The molecule has 0 N–H and O–H groups in total. The minimum atomic E-state index is 0.862. The number of alkyl halides is 1. The Morgan fingerprint density at radius 1 is 1.11 bits per heavy atom. The Morgan fingerprint density at radius 3 is 2.00 bits per heavy atom. The van der Waals surface area contributed by atoms with Gasteiger partial charge in [0.05, 0.1) is 0 Å². The molecule has 0 aromatic carbocycles. The van der Waals surface area contributed by atoms with E-state index in [4.69, 9.17) is 0 Å². The summed E-state index contributed by atoms with van der Waals surface area (Å²) in [5, 5.41) is 0. The Bertz CT molecular complexity index is 116. The van der Waals surface area contributed by atoms with Crippen molar-refractivity contribution in [2.24, 2.45) is 5.41 Å². The summed E-state index contributed by atoms with van der Waals surface area (Å²) >= 11 is 2.66. The van der Waals surface area contributed by atoms with Crippen LogP contribution < -0.4 is 0 Å². The Morgan fingerprint density at radius 2 is 1.78 bits per heavy atom. The number of halogens is 1. The molecule has 0 saturated heterocycles. The van der Waals surface area contributed by atoms with Gasteiger partial charge in [0.25, 0.3) is 0 Å². The van der Waals surface area contributed by atoms with Crippen LogP contribution in [-0.4, -0.2) is 3.92 Å². The molecule has 2 aliphatic carbocycles. The highest BCUT2D eigenvalue weighted by Crippen LogP contribution is 2.56. The molecule has 0 radical (unpaired) electrons. The van der Waals surface area contributed by atoms with Crippen molar-refractivity contribution in [1.82, 2.24) is 0 Å². The predicted octanol–water partition coefficient (Wildman–Crippen LogP) is 3.14. The molecule has 1 spiro atoms. The first-order valence-electron chi connectivity index (χ1n) is 3.98. The molecule has 1 heteroatoms. The molecule has 0 nitrogen and oxygen atoms in total. The Balaban J connectivity index is 2.09. The maximum atomic E-state index is 2.66. The normalized spacial score (nSPS) is 39.0. The van der Waals surface area contributed by atoms with Gasteiger partial charge >= 0.3 is 0 Å². The maximum Gasteiger partial charge on any atom is 0.0166 e. The van der Waals surface area contributed by atoms with Gasteiger partial charge in [0, 0.05) is 3.92 Å². The summed E-state index contributed by atoms with van der Waals surface area (Å²) in [6.07, 6.45) is 9.15. The lowest BCUT2D eigenvalue weighted by Gasteiger charge is -2.41. The topological polar surface area (TPSA) is 0 Å². The molecule has 52 valence electrons. The van der Waals surface area contributed by atoms with Crippen molar-refractivity contribution in [3.05, 3.63) is 0 Å². The van der Waals surface area contributed by atoms with Crippen LogP contribution in [0.1, 0.15) is 38.5 Å². The highest BCUT2D eigenvalue weighted by Gasteiger charge is 2.45. The van der Waals surface area contributed by atoms with Crippen molar-refractivity contribution < 1.29 is 0 Å². The molecule has 1 unspecified atom stereocenters. The average Bonchev–Trinajstić information content (AvgIpc) is 2.07. The van der Waals surface area contributed by atoms with Crippen molar-refractivity contribution in [3.63, 3.8) is 0 Å². The fourth-order valence-electron chi connectivity index (χ4n) is 2.29. The van der Waals surface area contributed by atoms with Crippen molar-refractivity contribution in [2.75, 3.05) is 0 Å². The van der Waals surface area contributed by atoms with E-state index in [0.717, 1.165) is 9.34 Å². The summed E-state index contributed by atoms with van der Waals surface area (Å²) in [5.41, 5.74) is 0.862. The SMILES string of the molecule is IC1CCCC12CCC2. The highest BCUT2D eigenvalue weighted by atomic mass is 127. The standard InChI is InChI=1S/C8H13I/c9-7-3-1-4-8(7)5-2-6-8/h7H,1-6H2. The van der Waals surface area contributed by atoms with Crippen LogP contribution >= 0.6 is 22.6 Å². The van der Waals surface area contributed by atoms with Crippen molar-refractivity contribution >= 4 is 22.6 Å². The van der Waals surface area contributed by atoms with E-state index >= 15 is 0 Å². The van der Waals surface area contributed by atoms with E-state index in [1.807, 2.05) is 0 Å². The van der Waals surface area contributed by atoms with E-state index in [0.29, 0.717) is 0 Å². The smallest absolute Gasteiger partial charge is 0.0166 e. The van der Waals surface area contributed by atoms with Crippen LogP contribution in [0.5, 0.6) is 0 Å². The van der Waals surface area contributed by atoms with Gasteiger partial charge in [-0.2, -0.15) is 0 Å². The average molecular weight is 236 g/mol. The monoisotopic (exact) mass is 236 g/mol. The van der Waals surface area contributed by atoms with Crippen LogP contribution in [0.15, 0.2) is 0 Å². The molecule has 0 aliphatic heterocycles. The zero-order chi connectivity index (χ0) is 6.32. The number of hydrogen-bond acceptors (Lipinski definition) is 0. The molecule has 2 aliphatic rings. The molecule has 2 saturated carbocycles. The second kappa shape index (κ2) is 2.11. The molecule has 0 heterocycles. The number of hydrogen-bond donors (Lipinski definition) is 0. The third-order valence-electron chi connectivity index (χ3n) is 3.15. The molecule has 0 aromatic heterocycles. The fraction of sp³-hybridized carbons (Fsp3) is 1.00. The lowest BCUT2D eigenvalue weighted by molar-refractivity contribution is 0.156. The predicted molar refractivity (Wildman–Crippen MR) is 47.9 cm³/mol. The van der Waals surface area contributed by atoms with E-state index in [-0.39, 0.29) is 0 Å². The first-order chi connectivity index (χ1) is 4.33. The molecule has 0 aromatic rings. The van der Waals surface area contributed by atoms with Crippen molar-refractivity contribution in [2.45, 2.75) is 42.4 Å². The van der Waals surface area contributed by atoms with E-state index < -0.39 is 0 Å². The van der Waals surface area contributed by atoms with Crippen LogP contribution in [-0.2, 0) is 0 Å². The van der Waals surface area contributed by atoms with Crippen molar-refractivity contribution in [1.29, 1.82) is 0 Å². The molecule has 1 atom stereocenters. The van der Waals surface area contributed by atoms with Crippen LogP contribution in [0.2, 0.25) is 0 Å². The van der Waals surface area contributed by atoms with Gasteiger partial charge in [-0.3, -0.25) is 0 Å². The summed E-state index contributed by atoms with van der Waals surface area (Å²) in [6.45, 7) is 0. The molecule has 9 heavy (non-hydrogen) atoms. The summed E-state index contributed by atoms with van der Waals surface area (Å²) in [4.78, 5) is 0. The summed E-state index contributed by atoms with van der Waals surface area (Å²) in [5.74, 6) is 0. The van der Waals surface area contributed by atoms with Gasteiger partial charge in [0.2, 0.25) is 0 Å². The number of rotatable bonds is 0. The second-order valence-corrected chi connectivity index (χ2v) is 5.08. The minimum absolute atomic E-state index is 0.862. The minimum Gasteiger partial charge on any atom is -0.0820 e. The third kappa shape index (κ3) is 0.837. The van der Waals surface area contributed by atoms with Gasteiger partial charge in [-0.05, 0) is 31.1 Å². The lowest BCUT2D eigenvalue weighted by Crippen LogP contribution is -2.33. The molecule has 0 bridgehead atoms. The van der Waals surface area contributed by atoms with Gasteiger partial charge in [0.15, 0.2) is 0 Å². The van der Waals surface area contributed by atoms with Crippen LogP contribution in [0, 0.1) is 5.41 Å². The van der Waals surface area contributed by atoms with Gasteiger partial charge < -0.3 is 0 Å². The quantitative estimate of drug-likeness (QED) is 0.447. The fourth-order valence-corrected chi connectivity index (χ4v) is 3.66. The molecule has 2 fully saturated rings. The Kier molecular flexibility index (Phi) is 1.51. The van der Waals surface area contributed by atoms with Gasteiger partial charge in [-0.1, -0.05) is 35.4 Å². The van der Waals surface area contributed by atoms with Crippen LogP contribution in [0.25, 0.3) is 0 Å². The third-order valence-corrected chi connectivity index (χ3v) is 5.09. The molecular formula is C8H13I. The zero-order valence-corrected chi connectivity index (χ0v) is 7.86. The zero-order valence-electron chi connectivity index (χ0n) is 5.70. The largest absolute Gasteiger partial charge is 0.0820 e. The lowest BCUT2D eigenvalue weighted by atomic mass is 9.68. The van der Waals surface area contributed by atoms with Crippen LogP contribution in [0.3, 0.4) is 0 Å². The van der Waals surface area contributed by atoms with Gasteiger partial charge in [0.1, 0.15) is 0 Å². The van der Waals surface area contributed by atoms with Crippen LogP contribution in [0.4, 0.5) is 0 Å². The first kappa shape index (κ1) is 6.44. The van der Waals surface area contributed by atoms with E-state index in [1.165, 1.54) is 19.3 Å². The summed E-state index contributed by atoms with van der Waals surface area (Å²) in [6, 6.07) is 0. The van der Waals surface area contributed by atoms with E-state index in [9.17, 15) is 0 Å². The Hall–Kier alpha value is 0.730.